The van der Waals surface area contributed by atoms with Crippen LogP contribution in [0.5, 0.6) is 0 Å². The molecule has 2 nitrogen and oxygen atoms in total. The Balaban J connectivity index is 2.86. The highest BCUT2D eigenvalue weighted by molar-refractivity contribution is 5.88. The van der Waals surface area contributed by atoms with E-state index in [2.05, 4.69) is 5.32 Å². The van der Waals surface area contributed by atoms with Crippen molar-refractivity contribution in [1.82, 2.24) is 0 Å². The van der Waals surface area contributed by atoms with E-state index in [1.807, 2.05) is 0 Å². The number of nitrogens with one attached hydrogen (secondary N) is 1. The quantitative estimate of drug-likeness (QED) is 0.779. The van der Waals surface area contributed by atoms with E-state index >= 15 is 0 Å². The van der Waals surface area contributed by atoms with Crippen molar-refractivity contribution < 1.29 is 13.6 Å². The van der Waals surface area contributed by atoms with E-state index < -0.39 is 11.6 Å². The largest absolute Gasteiger partial charge is 0.357 e. The van der Waals surface area contributed by atoms with Crippen molar-refractivity contribution in [3.8, 4) is 0 Å². The Morgan fingerprint density at radius 3 is 2.53 bits per heavy atom. The van der Waals surface area contributed by atoms with Crippen LogP contribution in [-0.2, 0) is 4.79 Å². The molecular formula is C11H11F2NO. The highest BCUT2D eigenvalue weighted by atomic mass is 19.1. The summed E-state index contributed by atoms with van der Waals surface area (Å²) in [6.07, 6.45) is 1.34. The standard InChI is InChI=1S/C11H11F2NO/c1-7(5-8(2)15)14-11-4-3-9(12)6-10(11)13/h3-6,14H,1-2H3/b7-5+. The van der Waals surface area contributed by atoms with Gasteiger partial charge in [0.25, 0.3) is 0 Å². The number of hydrogen-bond donors (Lipinski definition) is 1. The normalized spacial score (nSPS) is 11.3. The Bertz CT molecular complexity index is 413. The molecule has 0 aromatic heterocycles. The predicted octanol–water partition coefficient (Wildman–Crippen LogP) is 2.87. The predicted molar refractivity (Wildman–Crippen MR) is 54.4 cm³/mol. The van der Waals surface area contributed by atoms with E-state index in [9.17, 15) is 13.6 Å². The van der Waals surface area contributed by atoms with E-state index in [0.29, 0.717) is 5.70 Å². The first kappa shape index (κ1) is 11.4. The summed E-state index contributed by atoms with van der Waals surface area (Å²) >= 11 is 0. The van der Waals surface area contributed by atoms with Crippen molar-refractivity contribution in [3.05, 3.63) is 41.6 Å². The number of hydrogen-bond acceptors (Lipinski definition) is 2. The molecule has 80 valence electrons. The van der Waals surface area contributed by atoms with Gasteiger partial charge in [-0.25, -0.2) is 8.78 Å². The molecule has 0 heterocycles. The van der Waals surface area contributed by atoms with Crippen molar-refractivity contribution in [3.63, 3.8) is 0 Å². The lowest BCUT2D eigenvalue weighted by Gasteiger charge is -2.06. The molecular weight excluding hydrogens is 200 g/mol. The Morgan fingerprint density at radius 2 is 2.00 bits per heavy atom. The van der Waals surface area contributed by atoms with E-state index in [-0.39, 0.29) is 11.5 Å². The lowest BCUT2D eigenvalue weighted by molar-refractivity contribution is -0.112. The minimum atomic E-state index is -0.689. The van der Waals surface area contributed by atoms with Crippen LogP contribution in [0.25, 0.3) is 0 Å². The summed E-state index contributed by atoms with van der Waals surface area (Å²) in [6, 6.07) is 3.21. The van der Waals surface area contributed by atoms with Gasteiger partial charge in [-0.2, -0.15) is 0 Å². The molecule has 4 heteroatoms. The van der Waals surface area contributed by atoms with Gasteiger partial charge >= 0.3 is 0 Å². The molecule has 1 aromatic rings. The number of allylic oxidation sites excluding steroid dienone is 2. The first-order chi connectivity index (χ1) is 6.99. The van der Waals surface area contributed by atoms with Crippen LogP contribution in [0.4, 0.5) is 14.5 Å². The molecule has 1 aromatic carbocycles. The van der Waals surface area contributed by atoms with Crippen molar-refractivity contribution in [2.45, 2.75) is 13.8 Å². The molecule has 0 atom stereocenters. The molecule has 1 N–H and O–H groups in total. The van der Waals surface area contributed by atoms with Crippen LogP contribution in [0.1, 0.15) is 13.8 Å². The van der Waals surface area contributed by atoms with Gasteiger partial charge in [0.05, 0.1) is 5.69 Å². The third kappa shape index (κ3) is 3.50. The molecule has 0 unspecified atom stereocenters. The number of carbonyl (C=O) groups is 1. The Morgan fingerprint density at radius 1 is 1.33 bits per heavy atom. The second-order valence-corrected chi connectivity index (χ2v) is 3.19. The zero-order chi connectivity index (χ0) is 11.4. The van der Waals surface area contributed by atoms with Crippen molar-refractivity contribution >= 4 is 11.5 Å². The summed E-state index contributed by atoms with van der Waals surface area (Å²) in [5.74, 6) is -1.46. The lowest BCUT2D eigenvalue weighted by atomic mass is 10.2. The molecule has 0 aliphatic heterocycles. The van der Waals surface area contributed by atoms with Gasteiger partial charge in [0.1, 0.15) is 11.6 Å². The van der Waals surface area contributed by atoms with Crippen LogP contribution in [0.15, 0.2) is 30.0 Å². The SMILES string of the molecule is CC(=O)/C=C(\C)Nc1ccc(F)cc1F. The maximum Gasteiger partial charge on any atom is 0.154 e. The summed E-state index contributed by atoms with van der Waals surface area (Å²) < 4.78 is 25.7. The number of carbonyl (C=O) groups excluding carboxylic acids is 1. The van der Waals surface area contributed by atoms with Gasteiger partial charge in [0.15, 0.2) is 5.78 Å². The summed E-state index contributed by atoms with van der Waals surface area (Å²) in [7, 11) is 0. The zero-order valence-corrected chi connectivity index (χ0v) is 8.47. The first-order valence-electron chi connectivity index (χ1n) is 4.40. The third-order valence-electron chi connectivity index (χ3n) is 1.68. The summed E-state index contributed by atoms with van der Waals surface area (Å²) in [5.41, 5.74) is 0.652. The van der Waals surface area contributed by atoms with Gasteiger partial charge in [0, 0.05) is 11.8 Å². The minimum Gasteiger partial charge on any atom is -0.357 e. The van der Waals surface area contributed by atoms with E-state index in [4.69, 9.17) is 0 Å². The smallest absolute Gasteiger partial charge is 0.154 e. The fourth-order valence-electron chi connectivity index (χ4n) is 1.14. The number of rotatable bonds is 3. The van der Waals surface area contributed by atoms with Gasteiger partial charge in [-0.3, -0.25) is 4.79 Å². The average molecular weight is 211 g/mol. The van der Waals surface area contributed by atoms with E-state index in [0.717, 1.165) is 12.1 Å². The van der Waals surface area contributed by atoms with Crippen LogP contribution < -0.4 is 5.32 Å². The minimum absolute atomic E-state index is 0.137. The Hall–Kier alpha value is -1.71. The fraction of sp³-hybridized carbons (Fsp3) is 0.182. The second-order valence-electron chi connectivity index (χ2n) is 3.19. The molecule has 0 aliphatic carbocycles. The van der Waals surface area contributed by atoms with Crippen LogP contribution in [0, 0.1) is 11.6 Å². The molecule has 0 fully saturated rings. The lowest BCUT2D eigenvalue weighted by Crippen LogP contribution is -2.00. The average Bonchev–Trinajstić information content (AvgIpc) is 2.08. The number of halogens is 2. The molecule has 0 aliphatic rings. The van der Waals surface area contributed by atoms with Gasteiger partial charge in [-0.15, -0.1) is 0 Å². The van der Waals surface area contributed by atoms with E-state index in [1.54, 1.807) is 6.92 Å². The van der Waals surface area contributed by atoms with Gasteiger partial charge < -0.3 is 5.32 Å². The summed E-state index contributed by atoms with van der Waals surface area (Å²) in [5, 5.41) is 2.67. The fourth-order valence-corrected chi connectivity index (χ4v) is 1.14. The molecule has 0 spiro atoms. The Labute approximate surface area is 86.6 Å². The van der Waals surface area contributed by atoms with E-state index in [1.165, 1.54) is 19.1 Å². The molecule has 0 saturated carbocycles. The first-order valence-corrected chi connectivity index (χ1v) is 4.40. The van der Waals surface area contributed by atoms with Crippen LogP contribution in [0.3, 0.4) is 0 Å². The molecule has 0 saturated heterocycles. The maximum atomic E-state index is 13.1. The molecule has 0 radical (unpaired) electrons. The summed E-state index contributed by atoms with van der Waals surface area (Å²) in [6.45, 7) is 3.02. The number of benzene rings is 1. The van der Waals surface area contributed by atoms with Crippen LogP contribution in [0.2, 0.25) is 0 Å². The van der Waals surface area contributed by atoms with Crippen molar-refractivity contribution in [1.29, 1.82) is 0 Å². The van der Waals surface area contributed by atoms with Crippen LogP contribution >= 0.6 is 0 Å². The maximum absolute atomic E-state index is 13.1. The van der Waals surface area contributed by atoms with Crippen molar-refractivity contribution in [2.24, 2.45) is 0 Å². The van der Waals surface area contributed by atoms with Gasteiger partial charge in [-0.05, 0) is 32.1 Å². The zero-order valence-electron chi connectivity index (χ0n) is 8.47. The Kier molecular flexibility index (Phi) is 3.55. The number of anilines is 1. The van der Waals surface area contributed by atoms with Crippen molar-refractivity contribution in [2.75, 3.05) is 5.32 Å². The number of ketones is 1. The highest BCUT2D eigenvalue weighted by Crippen LogP contribution is 2.16. The van der Waals surface area contributed by atoms with Crippen LogP contribution in [-0.4, -0.2) is 5.78 Å². The second kappa shape index (κ2) is 4.68. The van der Waals surface area contributed by atoms with Gasteiger partial charge in [-0.1, -0.05) is 0 Å². The third-order valence-corrected chi connectivity index (χ3v) is 1.68. The summed E-state index contributed by atoms with van der Waals surface area (Å²) in [4.78, 5) is 10.7. The topological polar surface area (TPSA) is 29.1 Å². The highest BCUT2D eigenvalue weighted by Gasteiger charge is 2.03. The van der Waals surface area contributed by atoms with Gasteiger partial charge in [0.2, 0.25) is 0 Å². The molecule has 0 bridgehead atoms. The molecule has 0 amide bonds. The molecule has 15 heavy (non-hydrogen) atoms. The molecule has 1 rings (SSSR count). The monoisotopic (exact) mass is 211 g/mol.